The van der Waals surface area contributed by atoms with E-state index in [4.69, 9.17) is 9.29 Å². The van der Waals surface area contributed by atoms with Gasteiger partial charge in [0.2, 0.25) is 5.91 Å². The molecule has 0 saturated heterocycles. The maximum absolute atomic E-state index is 12.2. The predicted octanol–water partition coefficient (Wildman–Crippen LogP) is 3.78. The smallest absolute Gasteiger partial charge is 0.328 e. The van der Waals surface area contributed by atoms with Crippen molar-refractivity contribution in [1.29, 1.82) is 0 Å². The molecule has 14 heteroatoms. The Kier molecular flexibility index (Phi) is 25.3. The van der Waals surface area contributed by atoms with Crippen LogP contribution in [0.3, 0.4) is 0 Å². The molecule has 0 radical (unpaired) electrons. The minimum absolute atomic E-state index is 0.0560. The number of hydrogen-bond donors (Lipinski definition) is 6. The van der Waals surface area contributed by atoms with Crippen LogP contribution in [0.1, 0.15) is 116 Å². The number of urea groups is 2. The highest BCUT2D eigenvalue weighted by Crippen LogP contribution is 2.10. The molecule has 0 aliphatic rings. The Morgan fingerprint density at radius 2 is 1.14 bits per heavy atom. The normalized spacial score (nSPS) is 11.8. The van der Waals surface area contributed by atoms with Crippen LogP contribution in [0, 0.1) is 0 Å². The third kappa shape index (κ3) is 27.9. The van der Waals surface area contributed by atoms with Crippen molar-refractivity contribution < 1.29 is 36.9 Å². The Hall–Kier alpha value is -2.61. The largest absolute Gasteiger partial charge is 0.467 e. The molecule has 0 aromatic rings. The number of ether oxygens (including phenoxy) is 1. The van der Waals surface area contributed by atoms with Gasteiger partial charge in [-0.25, -0.2) is 14.4 Å². The van der Waals surface area contributed by atoms with Gasteiger partial charge in [-0.05, 0) is 38.5 Å². The Labute approximate surface area is 258 Å². The molecule has 0 aliphatic carbocycles. The van der Waals surface area contributed by atoms with Gasteiger partial charge in [0, 0.05) is 32.6 Å². The molecule has 0 aromatic heterocycles. The maximum Gasteiger partial charge on any atom is 0.328 e. The summed E-state index contributed by atoms with van der Waals surface area (Å²) in [5.41, 5.74) is 0. The summed E-state index contributed by atoms with van der Waals surface area (Å²) in [5, 5.41) is 13.3. The molecule has 43 heavy (non-hydrogen) atoms. The second-order valence-corrected chi connectivity index (χ2v) is 12.4. The zero-order valence-electron chi connectivity index (χ0n) is 26.3. The predicted molar refractivity (Wildman–Crippen MR) is 167 cm³/mol. The van der Waals surface area contributed by atoms with Gasteiger partial charge in [0.05, 0.1) is 12.9 Å². The number of esters is 1. The summed E-state index contributed by atoms with van der Waals surface area (Å²) >= 11 is 0. The van der Waals surface area contributed by atoms with Gasteiger partial charge in [-0.2, -0.15) is 8.42 Å². The Bertz CT molecular complexity index is 873. The van der Waals surface area contributed by atoms with Crippen molar-refractivity contribution >= 4 is 34.1 Å². The van der Waals surface area contributed by atoms with E-state index >= 15 is 0 Å². The van der Waals surface area contributed by atoms with Crippen LogP contribution >= 0.6 is 0 Å². The fourth-order valence-electron chi connectivity index (χ4n) is 4.35. The van der Waals surface area contributed by atoms with E-state index in [1.54, 1.807) is 0 Å². The number of hydrogen-bond acceptors (Lipinski definition) is 7. The molecule has 0 aliphatic heterocycles. The van der Waals surface area contributed by atoms with Gasteiger partial charge in [-0.3, -0.25) is 9.35 Å². The SMILES string of the molecule is CCCCCCCCCCCC(=O)NCCCC[C@H](NC(=O)NCCCCCCNC(=O)NCCS(=O)(=O)O)C(=O)OC. The zero-order chi connectivity index (χ0) is 32.2. The number of methoxy groups -OCH3 is 1. The molecule has 0 bridgehead atoms. The first kappa shape index (κ1) is 40.4. The number of amides is 5. The van der Waals surface area contributed by atoms with E-state index in [-0.39, 0.29) is 12.5 Å². The molecule has 0 heterocycles. The van der Waals surface area contributed by atoms with Gasteiger partial charge < -0.3 is 31.3 Å². The lowest BCUT2D eigenvalue weighted by atomic mass is 10.1. The van der Waals surface area contributed by atoms with Crippen LogP contribution in [0.4, 0.5) is 9.59 Å². The summed E-state index contributed by atoms with van der Waals surface area (Å²) < 4.78 is 34.6. The first-order valence-corrected chi connectivity index (χ1v) is 17.6. The van der Waals surface area contributed by atoms with Crippen molar-refractivity contribution in [3.8, 4) is 0 Å². The fourth-order valence-corrected chi connectivity index (χ4v) is 4.71. The van der Waals surface area contributed by atoms with Gasteiger partial charge in [0.25, 0.3) is 10.1 Å². The summed E-state index contributed by atoms with van der Waals surface area (Å²) in [6.07, 6.45) is 16.3. The molecule has 252 valence electrons. The Morgan fingerprint density at radius 1 is 0.651 bits per heavy atom. The average molecular weight is 636 g/mol. The lowest BCUT2D eigenvalue weighted by molar-refractivity contribution is -0.143. The van der Waals surface area contributed by atoms with E-state index in [1.807, 2.05) is 0 Å². The van der Waals surface area contributed by atoms with Gasteiger partial charge in [-0.15, -0.1) is 0 Å². The second-order valence-electron chi connectivity index (χ2n) is 10.8. The zero-order valence-corrected chi connectivity index (χ0v) is 27.2. The lowest BCUT2D eigenvalue weighted by Crippen LogP contribution is -2.46. The summed E-state index contributed by atoms with van der Waals surface area (Å²) in [7, 11) is -2.83. The van der Waals surface area contributed by atoms with E-state index in [0.717, 1.165) is 32.1 Å². The van der Waals surface area contributed by atoms with E-state index < -0.39 is 39.9 Å². The first-order valence-electron chi connectivity index (χ1n) is 15.9. The highest BCUT2D eigenvalue weighted by atomic mass is 32.2. The molecule has 0 aromatic carbocycles. The van der Waals surface area contributed by atoms with Crippen LogP contribution in [0.15, 0.2) is 0 Å². The van der Waals surface area contributed by atoms with E-state index in [2.05, 4.69) is 33.5 Å². The summed E-state index contributed by atoms with van der Waals surface area (Å²) in [4.78, 5) is 47.9. The van der Waals surface area contributed by atoms with Crippen molar-refractivity contribution in [2.45, 2.75) is 122 Å². The number of rotatable bonds is 27. The van der Waals surface area contributed by atoms with Gasteiger partial charge in [0.15, 0.2) is 0 Å². The van der Waals surface area contributed by atoms with Gasteiger partial charge >= 0.3 is 18.0 Å². The van der Waals surface area contributed by atoms with Crippen LogP contribution in [-0.4, -0.2) is 82.0 Å². The number of carbonyl (C=O) groups is 4. The highest BCUT2D eigenvalue weighted by Gasteiger charge is 2.20. The Balaban J connectivity index is 3.86. The molecule has 0 fully saturated rings. The molecular weight excluding hydrogens is 578 g/mol. The molecule has 1 atom stereocenters. The molecule has 0 saturated carbocycles. The summed E-state index contributed by atoms with van der Waals surface area (Å²) in [5.74, 6) is -1.000. The molecule has 0 spiro atoms. The third-order valence-corrected chi connectivity index (χ3v) is 7.58. The van der Waals surface area contributed by atoms with E-state index in [1.165, 1.54) is 52.1 Å². The number of carbonyl (C=O) groups excluding carboxylic acids is 4. The maximum atomic E-state index is 12.2. The summed E-state index contributed by atoms with van der Waals surface area (Å²) in [6, 6.07) is -1.72. The van der Waals surface area contributed by atoms with E-state index in [9.17, 15) is 27.6 Å². The van der Waals surface area contributed by atoms with Crippen molar-refractivity contribution in [3.63, 3.8) is 0 Å². The van der Waals surface area contributed by atoms with Crippen molar-refractivity contribution in [3.05, 3.63) is 0 Å². The molecule has 0 rings (SSSR count). The monoisotopic (exact) mass is 635 g/mol. The van der Waals surface area contributed by atoms with E-state index in [0.29, 0.717) is 51.7 Å². The fraction of sp³-hybridized carbons (Fsp3) is 0.862. The molecule has 13 nitrogen and oxygen atoms in total. The van der Waals surface area contributed by atoms with Crippen LogP contribution in [-0.2, 0) is 24.4 Å². The number of nitrogens with one attached hydrogen (secondary N) is 5. The molecule has 6 N–H and O–H groups in total. The van der Waals surface area contributed by atoms with Crippen LogP contribution in [0.5, 0.6) is 0 Å². The quantitative estimate of drug-likeness (QED) is 0.0446. The summed E-state index contributed by atoms with van der Waals surface area (Å²) in [6.45, 7) is 3.42. The van der Waals surface area contributed by atoms with Crippen LogP contribution in [0.2, 0.25) is 0 Å². The van der Waals surface area contributed by atoms with Crippen LogP contribution in [0.25, 0.3) is 0 Å². The third-order valence-electron chi connectivity index (χ3n) is 6.86. The Morgan fingerprint density at radius 3 is 1.72 bits per heavy atom. The lowest BCUT2D eigenvalue weighted by Gasteiger charge is -2.17. The second kappa shape index (κ2) is 27.0. The minimum Gasteiger partial charge on any atom is -0.467 e. The van der Waals surface area contributed by atoms with Crippen molar-refractivity contribution in [2.75, 3.05) is 39.0 Å². The topological polar surface area (TPSA) is 192 Å². The minimum atomic E-state index is -4.11. The van der Waals surface area contributed by atoms with Gasteiger partial charge in [-0.1, -0.05) is 71.1 Å². The molecule has 5 amide bonds. The van der Waals surface area contributed by atoms with Gasteiger partial charge in [0.1, 0.15) is 6.04 Å². The number of unbranched alkanes of at least 4 members (excludes halogenated alkanes) is 12. The molecule has 0 unspecified atom stereocenters. The van der Waals surface area contributed by atoms with Crippen LogP contribution < -0.4 is 26.6 Å². The first-order chi connectivity index (χ1) is 20.6. The average Bonchev–Trinajstić information content (AvgIpc) is 2.95. The standard InChI is InChI=1S/C29H57N5O8S/c1-3-4-5-6-7-8-9-10-13-19-26(35)30-20-17-14-18-25(27(36)42-2)34-29(38)32-22-16-12-11-15-21-31-28(37)33-23-24-43(39,40)41/h25H,3-24H2,1-2H3,(H,30,35)(H2,31,33,37)(H2,32,34,38)(H,39,40,41)/t25-/m0/s1. The molecular formula is C29H57N5O8S. The van der Waals surface area contributed by atoms with Crippen molar-refractivity contribution in [2.24, 2.45) is 0 Å². The van der Waals surface area contributed by atoms with Crippen molar-refractivity contribution in [1.82, 2.24) is 26.6 Å². The highest BCUT2D eigenvalue weighted by molar-refractivity contribution is 7.85.